The van der Waals surface area contributed by atoms with Gasteiger partial charge >= 0.3 is 0 Å². The second-order valence-corrected chi connectivity index (χ2v) is 6.82. The summed E-state index contributed by atoms with van der Waals surface area (Å²) in [4.78, 5) is 28.1. The summed E-state index contributed by atoms with van der Waals surface area (Å²) in [7, 11) is 0. The lowest BCUT2D eigenvalue weighted by Gasteiger charge is -2.31. The van der Waals surface area contributed by atoms with Gasteiger partial charge in [-0.05, 0) is 43.6 Å². The van der Waals surface area contributed by atoms with Crippen molar-refractivity contribution in [3.05, 3.63) is 29.7 Å². The van der Waals surface area contributed by atoms with Gasteiger partial charge in [-0.15, -0.1) is 0 Å². The fourth-order valence-corrected chi connectivity index (χ4v) is 3.43. The first-order chi connectivity index (χ1) is 11.5. The van der Waals surface area contributed by atoms with E-state index in [0.29, 0.717) is 17.3 Å². The minimum atomic E-state index is -0.609. The molecule has 0 saturated heterocycles. The minimum Gasteiger partial charge on any atom is -0.365 e. The van der Waals surface area contributed by atoms with Crippen molar-refractivity contribution in [1.82, 2.24) is 19.9 Å². The van der Waals surface area contributed by atoms with Crippen LogP contribution >= 0.6 is 0 Å². The molecule has 1 saturated carbocycles. The molecule has 7 nitrogen and oxygen atoms in total. The molecule has 0 atom stereocenters. The lowest BCUT2D eigenvalue weighted by atomic mass is 9.80. The number of hydrogen-bond donors (Lipinski definition) is 2. The Morgan fingerprint density at radius 2 is 2.00 bits per heavy atom. The zero-order valence-electron chi connectivity index (χ0n) is 14.0. The summed E-state index contributed by atoms with van der Waals surface area (Å²) < 4.78 is 1.37. The average molecular weight is 329 g/mol. The van der Waals surface area contributed by atoms with Crippen LogP contribution in [0.1, 0.15) is 60.4 Å². The van der Waals surface area contributed by atoms with Crippen molar-refractivity contribution in [3.8, 4) is 0 Å². The smallest absolute Gasteiger partial charge is 0.270 e. The summed E-state index contributed by atoms with van der Waals surface area (Å²) in [6.45, 7) is 4.51. The summed E-state index contributed by atoms with van der Waals surface area (Å²) in [5.41, 5.74) is 6.18. The van der Waals surface area contributed by atoms with Gasteiger partial charge in [-0.25, -0.2) is 9.50 Å². The van der Waals surface area contributed by atoms with Crippen LogP contribution < -0.4 is 11.1 Å². The Hall–Kier alpha value is -2.44. The third kappa shape index (κ3) is 3.11. The van der Waals surface area contributed by atoms with Gasteiger partial charge in [0.15, 0.2) is 5.65 Å². The summed E-state index contributed by atoms with van der Waals surface area (Å²) >= 11 is 0. The molecule has 3 N–H and O–H groups in total. The highest BCUT2D eigenvalue weighted by atomic mass is 16.2. The number of nitrogens with zero attached hydrogens (tertiary/aromatic N) is 3. The maximum absolute atomic E-state index is 12.6. The predicted octanol–water partition coefficient (Wildman–Crippen LogP) is 1.77. The Morgan fingerprint density at radius 1 is 1.29 bits per heavy atom. The normalized spacial score (nSPS) is 21.1. The second kappa shape index (κ2) is 6.59. The molecule has 0 bridgehead atoms. The van der Waals surface area contributed by atoms with Crippen molar-refractivity contribution >= 4 is 17.5 Å². The van der Waals surface area contributed by atoms with Crippen molar-refractivity contribution in [2.45, 2.75) is 45.6 Å². The lowest BCUT2D eigenvalue weighted by Crippen LogP contribution is -2.39. The number of amides is 2. The van der Waals surface area contributed by atoms with Crippen molar-refractivity contribution in [3.63, 3.8) is 0 Å². The SMILES string of the molecule is CC(C)C1CCC(NC(=O)c2ccnc3c(C(N)=O)cnn23)CC1. The van der Waals surface area contributed by atoms with Gasteiger partial charge in [0.1, 0.15) is 11.3 Å². The lowest BCUT2D eigenvalue weighted by molar-refractivity contribution is 0.0909. The van der Waals surface area contributed by atoms with Crippen LogP contribution in [-0.2, 0) is 0 Å². The highest BCUT2D eigenvalue weighted by Crippen LogP contribution is 2.29. The van der Waals surface area contributed by atoms with Gasteiger partial charge in [0.25, 0.3) is 11.8 Å². The fraction of sp³-hybridized carbons (Fsp3) is 0.529. The molecule has 0 radical (unpaired) electrons. The topological polar surface area (TPSA) is 102 Å². The van der Waals surface area contributed by atoms with E-state index in [9.17, 15) is 9.59 Å². The first-order valence-corrected chi connectivity index (χ1v) is 8.40. The van der Waals surface area contributed by atoms with Gasteiger partial charge in [0.2, 0.25) is 0 Å². The van der Waals surface area contributed by atoms with E-state index in [2.05, 4.69) is 29.2 Å². The van der Waals surface area contributed by atoms with E-state index in [1.54, 1.807) is 6.07 Å². The summed E-state index contributed by atoms with van der Waals surface area (Å²) in [6, 6.07) is 1.78. The van der Waals surface area contributed by atoms with E-state index in [1.807, 2.05) is 0 Å². The molecule has 24 heavy (non-hydrogen) atoms. The number of primary amides is 1. The molecular weight excluding hydrogens is 306 g/mol. The van der Waals surface area contributed by atoms with Crippen LogP contribution in [0.15, 0.2) is 18.5 Å². The van der Waals surface area contributed by atoms with E-state index in [1.165, 1.54) is 16.9 Å². The Balaban J connectivity index is 1.74. The van der Waals surface area contributed by atoms with Gasteiger partial charge in [-0.2, -0.15) is 5.10 Å². The van der Waals surface area contributed by atoms with Crippen LogP contribution in [-0.4, -0.2) is 32.5 Å². The van der Waals surface area contributed by atoms with Gasteiger partial charge in [-0.1, -0.05) is 13.8 Å². The molecule has 128 valence electrons. The molecule has 2 aromatic rings. The van der Waals surface area contributed by atoms with Crippen LogP contribution in [0.25, 0.3) is 5.65 Å². The molecule has 0 spiro atoms. The molecule has 2 amide bonds. The standard InChI is InChI=1S/C17H23N5O2/c1-10(2)11-3-5-12(6-4-11)21-17(24)14-7-8-19-16-13(15(18)23)9-20-22(14)16/h7-12H,3-6H2,1-2H3,(H2,18,23)(H,21,24). The Morgan fingerprint density at radius 3 is 2.62 bits per heavy atom. The number of carbonyl (C=O) groups excluding carboxylic acids is 2. The molecule has 0 aromatic carbocycles. The van der Waals surface area contributed by atoms with Crippen molar-refractivity contribution in [2.24, 2.45) is 17.6 Å². The highest BCUT2D eigenvalue weighted by Gasteiger charge is 2.25. The highest BCUT2D eigenvalue weighted by molar-refractivity contribution is 5.99. The number of hydrogen-bond acceptors (Lipinski definition) is 4. The Kier molecular flexibility index (Phi) is 4.51. The monoisotopic (exact) mass is 329 g/mol. The fourth-order valence-electron chi connectivity index (χ4n) is 3.43. The van der Waals surface area contributed by atoms with Gasteiger partial charge < -0.3 is 11.1 Å². The van der Waals surface area contributed by atoms with Gasteiger partial charge in [0, 0.05) is 12.2 Å². The minimum absolute atomic E-state index is 0.182. The molecule has 7 heteroatoms. The number of fused-ring (bicyclic) bond motifs is 1. The largest absolute Gasteiger partial charge is 0.365 e. The molecule has 1 fully saturated rings. The summed E-state index contributed by atoms with van der Waals surface area (Å²) in [5.74, 6) is 0.629. The van der Waals surface area contributed by atoms with Crippen LogP contribution in [0, 0.1) is 11.8 Å². The Labute approximate surface area is 140 Å². The third-order valence-corrected chi connectivity index (χ3v) is 4.95. The molecule has 0 unspecified atom stereocenters. The zero-order valence-corrected chi connectivity index (χ0v) is 14.0. The summed E-state index contributed by atoms with van der Waals surface area (Å²) in [5, 5.41) is 7.16. The molecular formula is C17H23N5O2. The van der Waals surface area contributed by atoms with E-state index in [-0.39, 0.29) is 17.5 Å². The molecule has 3 rings (SSSR count). The van der Waals surface area contributed by atoms with Crippen LogP contribution in [0.4, 0.5) is 0 Å². The number of nitrogens with one attached hydrogen (secondary N) is 1. The van der Waals surface area contributed by atoms with E-state index >= 15 is 0 Å². The quantitative estimate of drug-likeness (QED) is 0.892. The molecule has 2 aromatic heterocycles. The van der Waals surface area contributed by atoms with E-state index in [0.717, 1.165) is 31.6 Å². The van der Waals surface area contributed by atoms with Crippen LogP contribution in [0.5, 0.6) is 0 Å². The number of carbonyl (C=O) groups is 2. The molecule has 2 heterocycles. The third-order valence-electron chi connectivity index (χ3n) is 4.95. The van der Waals surface area contributed by atoms with Crippen molar-refractivity contribution in [1.29, 1.82) is 0 Å². The predicted molar refractivity (Wildman–Crippen MR) is 89.6 cm³/mol. The molecule has 1 aliphatic carbocycles. The van der Waals surface area contributed by atoms with Gasteiger partial charge in [0.05, 0.1) is 6.20 Å². The maximum Gasteiger partial charge on any atom is 0.270 e. The molecule has 0 aliphatic heterocycles. The zero-order chi connectivity index (χ0) is 17.3. The summed E-state index contributed by atoms with van der Waals surface area (Å²) in [6.07, 6.45) is 7.11. The first kappa shape index (κ1) is 16.4. The average Bonchev–Trinajstić information content (AvgIpc) is 2.99. The van der Waals surface area contributed by atoms with Crippen LogP contribution in [0.2, 0.25) is 0 Å². The van der Waals surface area contributed by atoms with Crippen LogP contribution in [0.3, 0.4) is 0 Å². The van der Waals surface area contributed by atoms with Crippen molar-refractivity contribution in [2.75, 3.05) is 0 Å². The molecule has 1 aliphatic rings. The number of nitrogens with two attached hydrogens (primary N) is 1. The Bertz CT molecular complexity index is 759. The first-order valence-electron chi connectivity index (χ1n) is 8.40. The van der Waals surface area contributed by atoms with Gasteiger partial charge in [-0.3, -0.25) is 9.59 Å². The number of aromatic nitrogens is 3. The second-order valence-electron chi connectivity index (χ2n) is 6.82. The van der Waals surface area contributed by atoms with E-state index < -0.39 is 5.91 Å². The van der Waals surface area contributed by atoms with Crippen molar-refractivity contribution < 1.29 is 9.59 Å². The number of rotatable bonds is 4. The maximum atomic E-state index is 12.6. The van der Waals surface area contributed by atoms with E-state index in [4.69, 9.17) is 5.73 Å².